The fourth-order valence-electron chi connectivity index (χ4n) is 1.86. The number of carbonyl (C=O) groups is 1. The summed E-state index contributed by atoms with van der Waals surface area (Å²) in [6, 6.07) is 2.57. The summed E-state index contributed by atoms with van der Waals surface area (Å²) in [7, 11) is 0. The summed E-state index contributed by atoms with van der Waals surface area (Å²) in [6.45, 7) is 2.26. The molecule has 1 heterocycles. The minimum atomic E-state index is -1.16. The highest BCUT2D eigenvalue weighted by atomic mass is 79.9. The highest BCUT2D eigenvalue weighted by molar-refractivity contribution is 9.10. The van der Waals surface area contributed by atoms with E-state index in [0.717, 1.165) is 0 Å². The minimum absolute atomic E-state index is 0.0478. The number of halogens is 1. The van der Waals surface area contributed by atoms with E-state index in [9.17, 15) is 14.4 Å². The Morgan fingerprint density at radius 1 is 1.42 bits per heavy atom. The molecule has 0 aliphatic carbocycles. The van der Waals surface area contributed by atoms with E-state index in [4.69, 9.17) is 5.11 Å². The van der Waals surface area contributed by atoms with Crippen LogP contribution in [0.15, 0.2) is 30.6 Å². The molecule has 19 heavy (non-hydrogen) atoms. The van der Waals surface area contributed by atoms with Crippen LogP contribution in [-0.4, -0.2) is 15.6 Å². The highest BCUT2D eigenvalue weighted by Gasteiger charge is 2.15. The molecule has 0 fully saturated rings. The van der Waals surface area contributed by atoms with Crippen LogP contribution in [0.3, 0.4) is 0 Å². The molecule has 0 saturated heterocycles. The average Bonchev–Trinajstić information content (AvgIpc) is 2.34. The van der Waals surface area contributed by atoms with Crippen LogP contribution >= 0.6 is 15.9 Å². The van der Waals surface area contributed by atoms with Gasteiger partial charge in [-0.15, -0.1) is 0 Å². The second-order valence-electron chi connectivity index (χ2n) is 3.97. The SMILES string of the molecule is CCCn1c(=O)oc(=O)c2cc(C(=O)O)cc(Br)c21. The molecule has 0 aliphatic heterocycles. The molecule has 0 bridgehead atoms. The van der Waals surface area contributed by atoms with Crippen LogP contribution in [0, 0.1) is 0 Å². The number of hydrogen-bond donors (Lipinski definition) is 1. The molecule has 0 unspecified atom stereocenters. The van der Waals surface area contributed by atoms with Gasteiger partial charge in [-0.3, -0.25) is 4.57 Å². The van der Waals surface area contributed by atoms with E-state index in [1.54, 1.807) is 0 Å². The fourth-order valence-corrected chi connectivity index (χ4v) is 2.53. The van der Waals surface area contributed by atoms with E-state index in [2.05, 4.69) is 20.3 Å². The number of benzene rings is 1. The molecule has 1 aromatic carbocycles. The summed E-state index contributed by atoms with van der Waals surface area (Å²) in [5, 5.41) is 9.03. The topological polar surface area (TPSA) is 89.5 Å². The smallest absolute Gasteiger partial charge is 0.422 e. The van der Waals surface area contributed by atoms with Gasteiger partial charge in [0.25, 0.3) is 0 Å². The highest BCUT2D eigenvalue weighted by Crippen LogP contribution is 2.23. The van der Waals surface area contributed by atoms with Crippen molar-refractivity contribution in [3.63, 3.8) is 0 Å². The van der Waals surface area contributed by atoms with Crippen molar-refractivity contribution in [2.24, 2.45) is 0 Å². The lowest BCUT2D eigenvalue weighted by Gasteiger charge is -2.09. The van der Waals surface area contributed by atoms with Gasteiger partial charge in [-0.2, -0.15) is 0 Å². The lowest BCUT2D eigenvalue weighted by atomic mass is 10.1. The first-order chi connectivity index (χ1) is 8.95. The largest absolute Gasteiger partial charge is 0.478 e. The van der Waals surface area contributed by atoms with Crippen LogP contribution < -0.4 is 11.4 Å². The Morgan fingerprint density at radius 3 is 2.68 bits per heavy atom. The first kappa shape index (κ1) is 13.5. The van der Waals surface area contributed by atoms with Crippen molar-refractivity contribution in [2.45, 2.75) is 19.9 Å². The van der Waals surface area contributed by atoms with Crippen molar-refractivity contribution in [1.29, 1.82) is 0 Å². The van der Waals surface area contributed by atoms with Crippen molar-refractivity contribution in [1.82, 2.24) is 4.57 Å². The van der Waals surface area contributed by atoms with Crippen LogP contribution in [0.4, 0.5) is 0 Å². The van der Waals surface area contributed by atoms with Gasteiger partial charge in [-0.1, -0.05) is 6.92 Å². The molecule has 0 spiro atoms. The molecule has 100 valence electrons. The van der Waals surface area contributed by atoms with E-state index >= 15 is 0 Å². The molecule has 2 rings (SSSR count). The average molecular weight is 328 g/mol. The molecule has 6 nitrogen and oxygen atoms in total. The van der Waals surface area contributed by atoms with Gasteiger partial charge in [0.1, 0.15) is 0 Å². The first-order valence-electron chi connectivity index (χ1n) is 5.56. The second kappa shape index (κ2) is 5.00. The van der Waals surface area contributed by atoms with Crippen LogP contribution in [0.25, 0.3) is 10.9 Å². The monoisotopic (exact) mass is 327 g/mol. The van der Waals surface area contributed by atoms with Crippen LogP contribution in [0.5, 0.6) is 0 Å². The van der Waals surface area contributed by atoms with E-state index in [0.29, 0.717) is 23.0 Å². The normalized spacial score (nSPS) is 10.8. The maximum absolute atomic E-state index is 11.7. The predicted molar refractivity (Wildman–Crippen MR) is 71.7 cm³/mol. The molecule has 1 aromatic heterocycles. The van der Waals surface area contributed by atoms with Crippen LogP contribution in [0.1, 0.15) is 23.7 Å². The summed E-state index contributed by atoms with van der Waals surface area (Å²) in [6.07, 6.45) is 0.676. The zero-order chi connectivity index (χ0) is 14.2. The third-order valence-corrected chi connectivity index (χ3v) is 3.25. The van der Waals surface area contributed by atoms with E-state index in [1.807, 2.05) is 6.92 Å². The van der Waals surface area contributed by atoms with Crippen molar-refractivity contribution >= 4 is 32.8 Å². The number of rotatable bonds is 3. The molecule has 0 radical (unpaired) electrons. The minimum Gasteiger partial charge on any atom is -0.478 e. The number of aromatic nitrogens is 1. The molecular weight excluding hydrogens is 318 g/mol. The molecule has 1 N–H and O–H groups in total. The summed E-state index contributed by atoms with van der Waals surface area (Å²) in [5.74, 6) is -1.90. The molecule has 0 atom stereocenters. The molecule has 2 aromatic rings. The quantitative estimate of drug-likeness (QED) is 0.928. The van der Waals surface area contributed by atoms with E-state index in [-0.39, 0.29) is 10.9 Å². The molecular formula is C12H10BrNO5. The van der Waals surface area contributed by atoms with E-state index < -0.39 is 17.4 Å². The van der Waals surface area contributed by atoms with Crippen molar-refractivity contribution in [3.05, 3.63) is 43.1 Å². The van der Waals surface area contributed by atoms with E-state index in [1.165, 1.54) is 16.7 Å². The Labute approximate surface area is 115 Å². The summed E-state index contributed by atoms with van der Waals surface area (Å²) in [5.41, 5.74) is -0.530. The predicted octanol–water partition coefficient (Wildman–Crippen LogP) is 1.83. The standard InChI is InChI=1S/C12H10BrNO5/c1-2-3-14-9-7(11(17)19-12(14)18)4-6(10(15)16)5-8(9)13/h4-5H,2-3H2,1H3,(H,15,16). The number of fused-ring (bicyclic) bond motifs is 1. The zero-order valence-electron chi connectivity index (χ0n) is 9.97. The third kappa shape index (κ3) is 2.33. The Hall–Kier alpha value is -1.89. The third-order valence-electron chi connectivity index (χ3n) is 2.65. The number of carboxylic acids is 1. The lowest BCUT2D eigenvalue weighted by Crippen LogP contribution is -2.25. The molecule has 7 heteroatoms. The van der Waals surface area contributed by atoms with Crippen LogP contribution in [-0.2, 0) is 6.54 Å². The number of aromatic carboxylic acids is 1. The van der Waals surface area contributed by atoms with Crippen molar-refractivity contribution in [3.8, 4) is 0 Å². The van der Waals surface area contributed by atoms with Gasteiger partial charge in [0.05, 0.1) is 16.5 Å². The Kier molecular flexibility index (Phi) is 3.57. The maximum atomic E-state index is 11.7. The van der Waals surface area contributed by atoms with Gasteiger partial charge >= 0.3 is 17.4 Å². The van der Waals surface area contributed by atoms with Gasteiger partial charge in [0.2, 0.25) is 0 Å². The number of nitrogens with zero attached hydrogens (tertiary/aromatic N) is 1. The Balaban J connectivity index is 2.96. The molecule has 0 saturated carbocycles. The van der Waals surface area contributed by atoms with Gasteiger partial charge in [0.15, 0.2) is 0 Å². The first-order valence-corrected chi connectivity index (χ1v) is 6.35. The number of aryl methyl sites for hydroxylation is 1. The zero-order valence-corrected chi connectivity index (χ0v) is 11.6. The van der Waals surface area contributed by atoms with Gasteiger partial charge < -0.3 is 9.52 Å². The maximum Gasteiger partial charge on any atom is 0.422 e. The molecule has 0 aliphatic rings. The van der Waals surface area contributed by atoms with Gasteiger partial charge in [0, 0.05) is 11.0 Å². The summed E-state index contributed by atoms with van der Waals surface area (Å²) < 4.78 is 6.29. The Morgan fingerprint density at radius 2 is 2.11 bits per heavy atom. The van der Waals surface area contributed by atoms with Crippen molar-refractivity contribution < 1.29 is 14.3 Å². The van der Waals surface area contributed by atoms with Crippen molar-refractivity contribution in [2.75, 3.05) is 0 Å². The van der Waals surface area contributed by atoms with Gasteiger partial charge in [-0.25, -0.2) is 14.4 Å². The Bertz CT molecular complexity index is 774. The molecule has 0 amide bonds. The number of hydrogen-bond acceptors (Lipinski definition) is 4. The number of carboxylic acid groups (broad SMARTS) is 1. The van der Waals surface area contributed by atoms with Gasteiger partial charge in [-0.05, 0) is 34.5 Å². The lowest BCUT2D eigenvalue weighted by molar-refractivity contribution is 0.0697. The summed E-state index contributed by atoms with van der Waals surface area (Å²) in [4.78, 5) is 34.3. The van der Waals surface area contributed by atoms with Crippen LogP contribution in [0.2, 0.25) is 0 Å². The fraction of sp³-hybridized carbons (Fsp3) is 0.250. The summed E-state index contributed by atoms with van der Waals surface area (Å²) >= 11 is 3.20. The second-order valence-corrected chi connectivity index (χ2v) is 4.82.